The van der Waals surface area contributed by atoms with Crippen LogP contribution in [0.5, 0.6) is 0 Å². The Kier molecular flexibility index (Phi) is 7.62. The van der Waals surface area contributed by atoms with Crippen molar-refractivity contribution in [3.8, 4) is 0 Å². The van der Waals surface area contributed by atoms with E-state index in [-0.39, 0.29) is 11.8 Å². The molecular formula is C22H28BrN5OS. The summed E-state index contributed by atoms with van der Waals surface area (Å²) < 4.78 is 1.06. The van der Waals surface area contributed by atoms with E-state index in [1.54, 1.807) is 11.8 Å². The third-order valence-electron chi connectivity index (χ3n) is 5.70. The summed E-state index contributed by atoms with van der Waals surface area (Å²) >= 11 is 5.05. The lowest BCUT2D eigenvalue weighted by atomic mass is 9.97. The molecule has 2 fully saturated rings. The van der Waals surface area contributed by atoms with Gasteiger partial charge in [-0.25, -0.2) is 0 Å². The molecule has 2 saturated heterocycles. The number of aromatic nitrogens is 2. The largest absolute Gasteiger partial charge is 0.355 e. The van der Waals surface area contributed by atoms with Crippen LogP contribution in [0.4, 0.5) is 5.82 Å². The van der Waals surface area contributed by atoms with E-state index in [2.05, 4.69) is 53.4 Å². The number of benzene rings is 1. The van der Waals surface area contributed by atoms with Crippen LogP contribution in [0.25, 0.3) is 0 Å². The van der Waals surface area contributed by atoms with E-state index in [0.29, 0.717) is 6.54 Å². The van der Waals surface area contributed by atoms with Crippen LogP contribution in [-0.2, 0) is 4.79 Å². The topological polar surface area (TPSA) is 61.4 Å². The first-order valence-corrected chi connectivity index (χ1v) is 12.3. The molecule has 2 aliphatic rings. The fourth-order valence-electron chi connectivity index (χ4n) is 4.05. The number of anilines is 1. The van der Waals surface area contributed by atoms with E-state index in [0.717, 1.165) is 52.7 Å². The third kappa shape index (κ3) is 5.95. The Morgan fingerprint density at radius 2 is 1.87 bits per heavy atom. The van der Waals surface area contributed by atoms with Gasteiger partial charge in [0.15, 0.2) is 5.82 Å². The van der Waals surface area contributed by atoms with Gasteiger partial charge in [-0.1, -0.05) is 27.7 Å². The van der Waals surface area contributed by atoms with Gasteiger partial charge in [-0.15, -0.1) is 10.2 Å². The van der Waals surface area contributed by atoms with Gasteiger partial charge in [0.2, 0.25) is 5.91 Å². The number of hydrogen-bond acceptors (Lipinski definition) is 6. The van der Waals surface area contributed by atoms with Crippen molar-refractivity contribution in [1.82, 2.24) is 20.4 Å². The first-order chi connectivity index (χ1) is 14.7. The summed E-state index contributed by atoms with van der Waals surface area (Å²) in [5.74, 6) is 1.05. The van der Waals surface area contributed by atoms with Crippen molar-refractivity contribution in [2.24, 2.45) is 5.92 Å². The Labute approximate surface area is 190 Å². The first kappa shape index (κ1) is 21.6. The number of likely N-dealkylation sites (tertiary alicyclic amines) is 1. The predicted octanol–water partition coefficient (Wildman–Crippen LogP) is 3.82. The van der Waals surface area contributed by atoms with Gasteiger partial charge >= 0.3 is 0 Å². The summed E-state index contributed by atoms with van der Waals surface area (Å²) in [6, 6.07) is 12.2. The van der Waals surface area contributed by atoms with Crippen molar-refractivity contribution < 1.29 is 4.79 Å². The summed E-state index contributed by atoms with van der Waals surface area (Å²) in [5.41, 5.74) is 0. The molecule has 1 atom stereocenters. The van der Waals surface area contributed by atoms with Gasteiger partial charge in [0.05, 0.1) is 5.92 Å². The number of carbonyl (C=O) groups excluding carboxylic acids is 1. The molecule has 0 spiro atoms. The van der Waals surface area contributed by atoms with Crippen molar-refractivity contribution >= 4 is 39.4 Å². The lowest BCUT2D eigenvalue weighted by Crippen LogP contribution is -2.44. The lowest BCUT2D eigenvalue weighted by molar-refractivity contribution is -0.125. The van der Waals surface area contributed by atoms with Gasteiger partial charge in [0.1, 0.15) is 5.03 Å². The molecule has 1 aromatic heterocycles. The number of piperidine rings is 1. The highest BCUT2D eigenvalue weighted by atomic mass is 79.9. The summed E-state index contributed by atoms with van der Waals surface area (Å²) in [4.78, 5) is 18.4. The van der Waals surface area contributed by atoms with Gasteiger partial charge in [0, 0.05) is 35.5 Å². The minimum atomic E-state index is 0.0240. The van der Waals surface area contributed by atoms with E-state index in [4.69, 9.17) is 0 Å². The zero-order valence-electron chi connectivity index (χ0n) is 17.1. The smallest absolute Gasteiger partial charge is 0.224 e. The Hall–Kier alpha value is -1.64. The summed E-state index contributed by atoms with van der Waals surface area (Å²) in [6.07, 6.45) is 4.51. The van der Waals surface area contributed by atoms with Crippen LogP contribution < -0.4 is 10.2 Å². The molecule has 1 aromatic carbocycles. The molecule has 2 aromatic rings. The van der Waals surface area contributed by atoms with Gasteiger partial charge in [-0.3, -0.25) is 4.79 Å². The van der Waals surface area contributed by atoms with Crippen molar-refractivity contribution in [3.63, 3.8) is 0 Å². The second-order valence-corrected chi connectivity index (χ2v) is 9.92. The highest BCUT2D eigenvalue weighted by Gasteiger charge is 2.26. The van der Waals surface area contributed by atoms with Crippen LogP contribution in [-0.4, -0.2) is 60.3 Å². The number of amides is 1. The Morgan fingerprint density at radius 1 is 1.07 bits per heavy atom. The zero-order valence-corrected chi connectivity index (χ0v) is 19.5. The van der Waals surface area contributed by atoms with Crippen LogP contribution in [0.2, 0.25) is 0 Å². The zero-order chi connectivity index (χ0) is 20.8. The van der Waals surface area contributed by atoms with Crippen molar-refractivity contribution in [1.29, 1.82) is 0 Å². The molecule has 0 aliphatic carbocycles. The maximum atomic E-state index is 12.6. The fourth-order valence-corrected chi connectivity index (χ4v) is 5.04. The molecule has 3 heterocycles. The third-order valence-corrected chi connectivity index (χ3v) is 7.17. The molecule has 4 rings (SSSR count). The van der Waals surface area contributed by atoms with E-state index < -0.39 is 0 Å². The standard InChI is InChI=1S/C22H28BrN5OS/c23-18-5-7-19(8-6-18)30-21-10-9-20(25-26-21)28-14-3-4-17(16-28)22(29)24-11-15-27-12-1-2-13-27/h5-10,17H,1-4,11-16H2,(H,24,29)/t17-/m0/s1. The molecule has 160 valence electrons. The van der Waals surface area contributed by atoms with Gasteiger partial charge in [-0.2, -0.15) is 0 Å². The van der Waals surface area contributed by atoms with E-state index in [1.807, 2.05) is 24.3 Å². The SMILES string of the molecule is O=C(NCCN1CCCC1)[C@H]1CCCN(c2ccc(Sc3ccc(Br)cc3)nn2)C1. The predicted molar refractivity (Wildman–Crippen MR) is 124 cm³/mol. The minimum Gasteiger partial charge on any atom is -0.355 e. The van der Waals surface area contributed by atoms with Crippen LogP contribution in [0.15, 0.2) is 50.8 Å². The fraction of sp³-hybridized carbons (Fsp3) is 0.500. The maximum Gasteiger partial charge on any atom is 0.224 e. The molecule has 8 heteroatoms. The molecule has 0 unspecified atom stereocenters. The molecule has 30 heavy (non-hydrogen) atoms. The molecule has 6 nitrogen and oxygen atoms in total. The maximum absolute atomic E-state index is 12.6. The van der Waals surface area contributed by atoms with Gasteiger partial charge in [0.25, 0.3) is 0 Å². The minimum absolute atomic E-state index is 0.0240. The number of rotatable bonds is 7. The number of nitrogens with zero attached hydrogens (tertiary/aromatic N) is 4. The molecule has 1 amide bonds. The van der Waals surface area contributed by atoms with Crippen LogP contribution >= 0.6 is 27.7 Å². The lowest BCUT2D eigenvalue weighted by Gasteiger charge is -2.32. The monoisotopic (exact) mass is 489 g/mol. The normalized spacial score (nSPS) is 19.8. The Balaban J connectivity index is 1.28. The van der Waals surface area contributed by atoms with Crippen molar-refractivity contribution in [2.75, 3.05) is 44.2 Å². The van der Waals surface area contributed by atoms with Gasteiger partial charge in [-0.05, 0) is 75.2 Å². The van der Waals surface area contributed by atoms with Crippen LogP contribution in [0.3, 0.4) is 0 Å². The van der Waals surface area contributed by atoms with E-state index >= 15 is 0 Å². The number of halogens is 1. The van der Waals surface area contributed by atoms with E-state index in [9.17, 15) is 4.79 Å². The van der Waals surface area contributed by atoms with Gasteiger partial charge < -0.3 is 15.1 Å². The molecule has 2 aliphatic heterocycles. The van der Waals surface area contributed by atoms with E-state index in [1.165, 1.54) is 25.9 Å². The molecule has 1 N–H and O–H groups in total. The van der Waals surface area contributed by atoms with Crippen molar-refractivity contribution in [3.05, 3.63) is 40.9 Å². The molecule has 0 radical (unpaired) electrons. The average molecular weight is 490 g/mol. The Morgan fingerprint density at radius 3 is 2.60 bits per heavy atom. The van der Waals surface area contributed by atoms with Crippen LogP contribution in [0.1, 0.15) is 25.7 Å². The van der Waals surface area contributed by atoms with Crippen molar-refractivity contribution in [2.45, 2.75) is 35.6 Å². The summed E-state index contributed by atoms with van der Waals surface area (Å²) in [6.45, 7) is 5.68. The molecular weight excluding hydrogens is 462 g/mol. The number of carbonyl (C=O) groups is 1. The number of hydrogen-bond donors (Lipinski definition) is 1. The second kappa shape index (κ2) is 10.6. The molecule has 0 saturated carbocycles. The Bertz CT molecular complexity index is 826. The number of nitrogens with one attached hydrogen (secondary N) is 1. The quantitative estimate of drug-likeness (QED) is 0.637. The second-order valence-electron chi connectivity index (χ2n) is 7.91. The highest BCUT2D eigenvalue weighted by molar-refractivity contribution is 9.10. The highest BCUT2D eigenvalue weighted by Crippen LogP contribution is 2.28. The average Bonchev–Trinajstić information content (AvgIpc) is 3.29. The summed E-state index contributed by atoms with van der Waals surface area (Å²) in [5, 5.41) is 12.8. The van der Waals surface area contributed by atoms with Crippen LogP contribution in [0, 0.1) is 5.92 Å². The summed E-state index contributed by atoms with van der Waals surface area (Å²) in [7, 11) is 0. The first-order valence-electron chi connectivity index (χ1n) is 10.7. The molecule has 0 bridgehead atoms.